The number of carboxylic acids is 1. The molecule has 0 spiro atoms. The number of fused-ring (bicyclic) bond motifs is 1. The van der Waals surface area contributed by atoms with E-state index in [9.17, 15) is 19.2 Å². The first-order valence-corrected chi connectivity index (χ1v) is 8.04. The van der Waals surface area contributed by atoms with E-state index in [0.29, 0.717) is 18.4 Å². The van der Waals surface area contributed by atoms with Crippen molar-refractivity contribution in [1.82, 2.24) is 0 Å². The Kier molecular flexibility index (Phi) is 5.55. The minimum Gasteiger partial charge on any atom is -0.481 e. The summed E-state index contributed by atoms with van der Waals surface area (Å²) in [5, 5.41) is 11.5. The topological polar surface area (TPSA) is 119 Å². The number of hydrogen-bond donors (Lipinski definition) is 2. The normalized spacial score (nSPS) is 15.5. The number of carboxylic acid groups (broad SMARTS) is 1. The zero-order valence-electron chi connectivity index (χ0n) is 13.2. The largest absolute Gasteiger partial charge is 0.481 e. The lowest BCUT2D eigenvalue weighted by Gasteiger charge is -2.11. The van der Waals surface area contributed by atoms with Crippen LogP contribution in [-0.2, 0) is 30.3 Å². The van der Waals surface area contributed by atoms with Gasteiger partial charge in [-0.05, 0) is 18.4 Å². The summed E-state index contributed by atoms with van der Waals surface area (Å²) in [5.74, 6) is -3.27. The van der Waals surface area contributed by atoms with Crippen LogP contribution in [0, 0.1) is 0 Å². The number of thiophene rings is 1. The van der Waals surface area contributed by atoms with Crippen molar-refractivity contribution in [2.75, 3.05) is 19.5 Å². The van der Waals surface area contributed by atoms with Gasteiger partial charge in [-0.25, -0.2) is 4.79 Å². The third-order valence-corrected chi connectivity index (χ3v) is 4.91. The molecule has 0 bridgehead atoms. The van der Waals surface area contributed by atoms with E-state index in [2.05, 4.69) is 5.32 Å². The minimum atomic E-state index is -1.09. The van der Waals surface area contributed by atoms with Gasteiger partial charge in [-0.3, -0.25) is 14.4 Å². The number of methoxy groups -OCH3 is 2. The maximum Gasteiger partial charge on any atom is 0.341 e. The molecular weight excluding hydrogens is 338 g/mol. The fourth-order valence-corrected chi connectivity index (χ4v) is 3.93. The third kappa shape index (κ3) is 3.56. The Labute approximate surface area is 141 Å². The Bertz CT molecular complexity index is 694. The zero-order chi connectivity index (χ0) is 17.9. The van der Waals surface area contributed by atoms with Crippen LogP contribution in [0.5, 0.6) is 0 Å². The number of carbonyl (C=O) groups is 4. The molecule has 1 aliphatic carbocycles. The molecule has 0 aromatic carbocycles. The Morgan fingerprint density at radius 2 is 1.92 bits per heavy atom. The summed E-state index contributed by atoms with van der Waals surface area (Å²) in [5.41, 5.74) is 0.682. The number of nitrogens with one attached hydrogen (secondary N) is 1. The highest BCUT2D eigenvalue weighted by Crippen LogP contribution is 2.45. The van der Waals surface area contributed by atoms with Crippen molar-refractivity contribution in [1.29, 1.82) is 0 Å². The van der Waals surface area contributed by atoms with Gasteiger partial charge in [-0.15, -0.1) is 11.3 Å². The molecule has 0 radical (unpaired) electrons. The van der Waals surface area contributed by atoms with Crippen LogP contribution in [0.4, 0.5) is 5.00 Å². The molecule has 1 aliphatic rings. The molecule has 1 aromatic heterocycles. The van der Waals surface area contributed by atoms with Crippen molar-refractivity contribution in [2.24, 2.45) is 0 Å². The number of amides is 1. The predicted molar refractivity (Wildman–Crippen MR) is 84.2 cm³/mol. The van der Waals surface area contributed by atoms with Crippen molar-refractivity contribution in [3.63, 3.8) is 0 Å². The number of carbonyl (C=O) groups excluding carboxylic acids is 3. The van der Waals surface area contributed by atoms with Gasteiger partial charge >= 0.3 is 17.9 Å². The van der Waals surface area contributed by atoms with Crippen LogP contribution in [0.25, 0.3) is 0 Å². The molecule has 0 fully saturated rings. The smallest absolute Gasteiger partial charge is 0.341 e. The van der Waals surface area contributed by atoms with Gasteiger partial charge in [-0.1, -0.05) is 0 Å². The van der Waals surface area contributed by atoms with Crippen molar-refractivity contribution in [2.45, 2.75) is 31.6 Å². The van der Waals surface area contributed by atoms with E-state index in [1.165, 1.54) is 25.6 Å². The van der Waals surface area contributed by atoms with Crippen LogP contribution in [-0.4, -0.2) is 43.1 Å². The highest BCUT2D eigenvalue weighted by Gasteiger charge is 2.38. The molecule has 8 nitrogen and oxygen atoms in total. The van der Waals surface area contributed by atoms with Gasteiger partial charge in [0, 0.05) is 11.3 Å². The maximum absolute atomic E-state index is 12.1. The Morgan fingerprint density at radius 3 is 2.50 bits per heavy atom. The number of aliphatic carboxylic acids is 1. The van der Waals surface area contributed by atoms with Crippen LogP contribution in [0.1, 0.15) is 46.0 Å². The van der Waals surface area contributed by atoms with E-state index in [0.717, 1.165) is 4.88 Å². The van der Waals surface area contributed by atoms with Gasteiger partial charge in [0.25, 0.3) is 0 Å². The molecule has 9 heteroatoms. The van der Waals surface area contributed by atoms with E-state index in [1.807, 2.05) is 0 Å². The van der Waals surface area contributed by atoms with Crippen LogP contribution in [0.2, 0.25) is 0 Å². The first kappa shape index (κ1) is 17.9. The predicted octanol–water partition coefficient (Wildman–Crippen LogP) is 1.54. The first-order valence-electron chi connectivity index (χ1n) is 7.22. The molecule has 2 N–H and O–H groups in total. The average Bonchev–Trinajstić information content (AvgIpc) is 3.10. The van der Waals surface area contributed by atoms with Gasteiger partial charge in [0.2, 0.25) is 5.91 Å². The summed E-state index contributed by atoms with van der Waals surface area (Å²) in [4.78, 5) is 47.3. The minimum absolute atomic E-state index is 0.147. The fourth-order valence-electron chi connectivity index (χ4n) is 2.65. The molecule has 24 heavy (non-hydrogen) atoms. The highest BCUT2D eigenvalue weighted by molar-refractivity contribution is 7.17. The summed E-state index contributed by atoms with van der Waals surface area (Å²) in [6.07, 6.45) is 0.605. The van der Waals surface area contributed by atoms with E-state index in [1.54, 1.807) is 0 Å². The SMILES string of the molecule is COC(=O)c1c(NC(=O)CCC(=O)O)sc2c1C(C(=O)OC)CC2. The third-order valence-electron chi connectivity index (χ3n) is 3.72. The Hall–Kier alpha value is -2.42. The summed E-state index contributed by atoms with van der Waals surface area (Å²) in [6.45, 7) is 0. The number of hydrogen-bond acceptors (Lipinski definition) is 7. The van der Waals surface area contributed by atoms with Crippen LogP contribution in [0.3, 0.4) is 0 Å². The number of anilines is 1. The van der Waals surface area contributed by atoms with Crippen LogP contribution < -0.4 is 5.32 Å². The second kappa shape index (κ2) is 7.43. The summed E-state index contributed by atoms with van der Waals surface area (Å²) >= 11 is 1.20. The average molecular weight is 355 g/mol. The monoisotopic (exact) mass is 355 g/mol. The molecule has 130 valence electrons. The summed E-state index contributed by atoms with van der Waals surface area (Å²) in [6, 6.07) is 0. The van der Waals surface area contributed by atoms with Crippen molar-refractivity contribution in [3.8, 4) is 0 Å². The first-order chi connectivity index (χ1) is 11.4. The van der Waals surface area contributed by atoms with Gasteiger partial charge in [-0.2, -0.15) is 0 Å². The van der Waals surface area contributed by atoms with Crippen molar-refractivity contribution < 1.29 is 33.8 Å². The number of esters is 2. The summed E-state index contributed by atoms with van der Waals surface area (Å²) < 4.78 is 9.55. The molecule has 1 aromatic rings. The quantitative estimate of drug-likeness (QED) is 0.743. The van der Waals surface area contributed by atoms with Crippen molar-refractivity contribution >= 4 is 40.2 Å². The second-order valence-electron chi connectivity index (χ2n) is 5.19. The standard InChI is InChI=1S/C15H17NO7S/c1-22-14(20)7-3-4-8-11(7)12(15(21)23-2)13(24-8)16-9(17)5-6-10(18)19/h7H,3-6H2,1-2H3,(H,16,17)(H,18,19). The molecule has 1 unspecified atom stereocenters. The lowest BCUT2D eigenvalue weighted by molar-refractivity contribution is -0.142. The van der Waals surface area contributed by atoms with E-state index < -0.39 is 29.7 Å². The molecule has 0 saturated carbocycles. The van der Waals surface area contributed by atoms with E-state index >= 15 is 0 Å². The van der Waals surface area contributed by atoms with Gasteiger partial charge < -0.3 is 19.9 Å². The molecule has 1 heterocycles. The molecule has 0 aliphatic heterocycles. The lowest BCUT2D eigenvalue weighted by Crippen LogP contribution is -2.18. The molecule has 0 saturated heterocycles. The number of rotatable bonds is 6. The van der Waals surface area contributed by atoms with Crippen LogP contribution in [0.15, 0.2) is 0 Å². The Balaban J connectivity index is 2.33. The van der Waals surface area contributed by atoms with Crippen LogP contribution >= 0.6 is 11.3 Å². The van der Waals surface area contributed by atoms with E-state index in [4.69, 9.17) is 14.6 Å². The molecule has 1 amide bonds. The van der Waals surface area contributed by atoms with E-state index in [-0.39, 0.29) is 23.4 Å². The molecule has 1 atom stereocenters. The Morgan fingerprint density at radius 1 is 1.21 bits per heavy atom. The maximum atomic E-state index is 12.1. The van der Waals surface area contributed by atoms with Gasteiger partial charge in [0.15, 0.2) is 0 Å². The fraction of sp³-hybridized carbons (Fsp3) is 0.467. The van der Waals surface area contributed by atoms with Gasteiger partial charge in [0.05, 0.1) is 32.1 Å². The van der Waals surface area contributed by atoms with Gasteiger partial charge in [0.1, 0.15) is 5.00 Å². The zero-order valence-corrected chi connectivity index (χ0v) is 14.0. The lowest BCUT2D eigenvalue weighted by atomic mass is 9.99. The second-order valence-corrected chi connectivity index (χ2v) is 6.30. The molecular formula is C15H17NO7S. The van der Waals surface area contributed by atoms with Crippen molar-refractivity contribution in [3.05, 3.63) is 16.0 Å². The summed E-state index contributed by atoms with van der Waals surface area (Å²) in [7, 11) is 2.49. The molecule has 2 rings (SSSR count). The highest BCUT2D eigenvalue weighted by atomic mass is 32.1. The number of aryl methyl sites for hydroxylation is 1. The number of ether oxygens (including phenoxy) is 2.